The molecule has 7 rings (SSSR count). The van der Waals surface area contributed by atoms with Crippen molar-refractivity contribution in [2.24, 2.45) is 9.03 Å². The van der Waals surface area contributed by atoms with Gasteiger partial charge in [-0.15, -0.1) is 10.2 Å². The second kappa shape index (κ2) is 23.7. The van der Waals surface area contributed by atoms with Gasteiger partial charge in [-0.1, -0.05) is 116 Å². The molecule has 6 saturated carbocycles. The molecule has 53 heavy (non-hydrogen) atoms. The summed E-state index contributed by atoms with van der Waals surface area (Å²) in [6.07, 6.45) is 39.7. The van der Waals surface area contributed by atoms with Gasteiger partial charge in [0, 0.05) is 50.4 Å². The molecule has 0 saturated heterocycles. The first-order chi connectivity index (χ1) is 25.0. The Morgan fingerprint density at radius 3 is 0.849 bits per heavy atom. The average Bonchev–Trinajstić information content (AvgIpc) is 3.17. The summed E-state index contributed by atoms with van der Waals surface area (Å²) in [5.74, 6) is 0. The minimum absolute atomic E-state index is 0. The number of aliphatic hydroxyl groups excluding tert-OH is 1. The van der Waals surface area contributed by atoms with E-state index in [1.807, 2.05) is 0 Å². The van der Waals surface area contributed by atoms with Crippen LogP contribution >= 0.6 is 22.9 Å². The lowest BCUT2D eigenvalue weighted by molar-refractivity contribution is -0.0000146. The molecule has 0 aromatic rings. The zero-order valence-electron chi connectivity index (χ0n) is 33.7. The molecule has 0 aromatic heterocycles. The fourth-order valence-electron chi connectivity index (χ4n) is 10.3. The Labute approximate surface area is 342 Å². The van der Waals surface area contributed by atoms with E-state index in [2.05, 4.69) is 42.0 Å². The monoisotopic (exact) mass is 915 g/mol. The highest BCUT2D eigenvalue weighted by atomic mass is 127. The molecule has 6 aliphatic carbocycles. The van der Waals surface area contributed by atoms with Crippen LogP contribution in [0.15, 0.2) is 9.03 Å². The van der Waals surface area contributed by atoms with E-state index in [9.17, 15) is 0 Å². The van der Waals surface area contributed by atoms with Crippen LogP contribution in [0.5, 0.6) is 0 Å². The molecule has 0 spiro atoms. The number of nitrogens with zero attached hydrogens (tertiary/aromatic N) is 3. The Morgan fingerprint density at radius 2 is 0.623 bits per heavy atom. The van der Waals surface area contributed by atoms with Gasteiger partial charge >= 0.3 is 7.87 Å². The Balaban J connectivity index is 0.00000154. The van der Waals surface area contributed by atoms with Gasteiger partial charge in [-0.25, -0.2) is 0 Å². The van der Waals surface area contributed by atoms with Gasteiger partial charge in [0.15, 0.2) is 0 Å². The molecule has 312 valence electrons. The standard InChI is InChI=1S/C37H75N9P3.CH4O.HI.H2O/c1-46-48(40-34-24-12-4-13-25-34,41-35-26-14-5-15-27-35)44-47(38-32-20-8-2-9-21-32,39-33-22-10-3-11-23-33)45-49(46,42-36-28-16-6-17-29-36)43-37-30-18-7-19-31-37;1-2;;/h32-43H,2-31H2,1H3;2H,1H3;1H;1H2/q+1;;;/p-1. The minimum atomic E-state index is -2.52. The topological polar surface area (TPSA) is 152 Å². The molecule has 0 radical (unpaired) electrons. The van der Waals surface area contributed by atoms with Crippen LogP contribution in [0.1, 0.15) is 193 Å². The second-order valence-corrected chi connectivity index (χ2v) is 25.4. The van der Waals surface area contributed by atoms with Crippen LogP contribution in [0.25, 0.3) is 0 Å². The highest BCUT2D eigenvalue weighted by molar-refractivity contribution is 7.88. The van der Waals surface area contributed by atoms with E-state index in [0.29, 0.717) is 36.3 Å². The number of hydrogen-bond donors (Lipinski definition) is 7. The van der Waals surface area contributed by atoms with Crippen molar-refractivity contribution in [3.8, 4) is 0 Å². The fraction of sp³-hybridized carbons (Fsp3) is 1.00. The number of halogens is 1. The molecule has 0 bridgehead atoms. The third kappa shape index (κ3) is 13.1. The van der Waals surface area contributed by atoms with Crippen molar-refractivity contribution in [3.05, 3.63) is 0 Å². The van der Waals surface area contributed by atoms with Gasteiger partial charge in [-0.05, 0) is 86.1 Å². The first-order valence-corrected chi connectivity index (χ1v) is 27.2. The quantitative estimate of drug-likeness (QED) is 0.0833. The summed E-state index contributed by atoms with van der Waals surface area (Å²) < 4.78 is 15.5. The smallest absolute Gasteiger partial charge is 0.400 e. The highest BCUT2D eigenvalue weighted by Gasteiger charge is 2.58. The Hall–Kier alpha value is 1.26. The van der Waals surface area contributed by atoms with E-state index >= 15 is 0 Å². The fourth-order valence-corrected chi connectivity index (χ4v) is 24.6. The minimum Gasteiger partial charge on any atom is -1.00 e. The Kier molecular flexibility index (Phi) is 21.0. The summed E-state index contributed by atoms with van der Waals surface area (Å²) >= 11 is 0. The average molecular weight is 916 g/mol. The van der Waals surface area contributed by atoms with Crippen molar-refractivity contribution >= 4 is 22.9 Å². The Bertz CT molecular complexity index is 1000. The molecule has 15 heteroatoms. The lowest BCUT2D eigenvalue weighted by Gasteiger charge is -2.50. The zero-order chi connectivity index (χ0) is 35.4. The van der Waals surface area contributed by atoms with E-state index in [4.69, 9.17) is 14.1 Å². The summed E-state index contributed by atoms with van der Waals surface area (Å²) in [5, 5.41) is 34.0. The first-order valence-electron chi connectivity index (χ1n) is 22.1. The molecule has 0 atom stereocenters. The number of nitrogens with one attached hydrogen (secondary N) is 6. The molecule has 0 aromatic carbocycles. The van der Waals surface area contributed by atoms with Gasteiger partial charge in [0.2, 0.25) is 15.0 Å². The van der Waals surface area contributed by atoms with E-state index in [1.165, 1.54) is 193 Å². The number of rotatable bonds is 12. The van der Waals surface area contributed by atoms with E-state index in [0.717, 1.165) is 7.11 Å². The number of aliphatic hydroxyl groups is 1. The van der Waals surface area contributed by atoms with Crippen LogP contribution in [0.3, 0.4) is 0 Å². The SMILES string of the molecule is CN1P(NC2CCCCC2)(NC2CCCCC2)=N[P+](NC2CCCCC2)(NC2CCCCC2)N=P1(NC1CCCCC1)NC1CCCCC1.CO.O.[I-]. The van der Waals surface area contributed by atoms with Gasteiger partial charge in [-0.3, -0.25) is 20.3 Å². The van der Waals surface area contributed by atoms with Crippen molar-refractivity contribution < 1.29 is 34.6 Å². The second-order valence-electron chi connectivity index (χ2n) is 17.3. The lowest BCUT2D eigenvalue weighted by atomic mass is 9.96. The van der Waals surface area contributed by atoms with Gasteiger partial charge in [0.25, 0.3) is 0 Å². The predicted molar refractivity (Wildman–Crippen MR) is 225 cm³/mol. The molecule has 1 heterocycles. The molecule has 0 unspecified atom stereocenters. The van der Waals surface area contributed by atoms with Gasteiger partial charge < -0.3 is 34.6 Å². The predicted octanol–water partition coefficient (Wildman–Crippen LogP) is 6.82. The summed E-state index contributed by atoms with van der Waals surface area (Å²) in [6.45, 7) is 0. The number of hydrogen-bond acceptors (Lipinski definition) is 10. The molecular weight excluding hydrogens is 834 g/mol. The van der Waals surface area contributed by atoms with E-state index in [-0.39, 0.29) is 29.5 Å². The van der Waals surface area contributed by atoms with Crippen LogP contribution in [-0.4, -0.2) is 65.4 Å². The molecule has 11 nitrogen and oxygen atoms in total. The van der Waals surface area contributed by atoms with Crippen LogP contribution < -0.4 is 54.5 Å². The molecule has 6 fully saturated rings. The van der Waals surface area contributed by atoms with Gasteiger partial charge in [0.05, 0.1) is 0 Å². The molecule has 7 aliphatic rings. The Morgan fingerprint density at radius 1 is 0.415 bits per heavy atom. The summed E-state index contributed by atoms with van der Waals surface area (Å²) in [4.78, 5) is 0. The summed E-state index contributed by atoms with van der Waals surface area (Å²) in [5.41, 5.74) is 0. The van der Waals surface area contributed by atoms with Crippen molar-refractivity contribution in [1.82, 2.24) is 35.0 Å². The third-order valence-electron chi connectivity index (χ3n) is 13.2. The van der Waals surface area contributed by atoms with E-state index < -0.39 is 22.9 Å². The van der Waals surface area contributed by atoms with Crippen LogP contribution in [0.2, 0.25) is 0 Å². The lowest BCUT2D eigenvalue weighted by Crippen LogP contribution is -3.00. The molecular formula is C38H81IN9O2P3. The van der Waals surface area contributed by atoms with Crippen molar-refractivity contribution in [3.63, 3.8) is 0 Å². The summed E-state index contributed by atoms with van der Waals surface area (Å²) in [7, 11) is -3.90. The van der Waals surface area contributed by atoms with Crippen molar-refractivity contribution in [2.45, 2.75) is 229 Å². The maximum absolute atomic E-state index is 7.00. The zero-order valence-corrected chi connectivity index (χ0v) is 38.5. The molecule has 9 N–H and O–H groups in total. The highest BCUT2D eigenvalue weighted by Crippen LogP contribution is 2.79. The first kappa shape index (κ1) is 46.9. The molecule has 1 aliphatic heterocycles. The van der Waals surface area contributed by atoms with Crippen LogP contribution in [0.4, 0.5) is 0 Å². The van der Waals surface area contributed by atoms with Gasteiger partial charge in [0.1, 0.15) is 0 Å². The van der Waals surface area contributed by atoms with Crippen LogP contribution in [-0.2, 0) is 0 Å². The third-order valence-corrected chi connectivity index (χ3v) is 24.9. The molecule has 0 amide bonds. The largest absolute Gasteiger partial charge is 1.00 e. The van der Waals surface area contributed by atoms with Gasteiger partial charge in [-0.2, -0.15) is 4.44 Å². The normalized spacial score (nSPS) is 28.3. The van der Waals surface area contributed by atoms with E-state index in [1.54, 1.807) is 0 Å². The van der Waals surface area contributed by atoms with Crippen molar-refractivity contribution in [1.29, 1.82) is 0 Å². The van der Waals surface area contributed by atoms with Crippen molar-refractivity contribution in [2.75, 3.05) is 14.2 Å². The van der Waals surface area contributed by atoms with Crippen LogP contribution in [0, 0.1) is 0 Å². The maximum Gasteiger partial charge on any atom is 0.400 e. The maximum atomic E-state index is 7.00. The summed E-state index contributed by atoms with van der Waals surface area (Å²) in [6, 6.07) is 3.12.